The van der Waals surface area contributed by atoms with Crippen molar-refractivity contribution >= 4 is 23.3 Å². The second-order valence-corrected chi connectivity index (χ2v) is 5.09. The Hall–Kier alpha value is -2.21. The van der Waals surface area contributed by atoms with Crippen molar-refractivity contribution in [3.05, 3.63) is 51.0 Å². The van der Waals surface area contributed by atoms with E-state index in [1.807, 2.05) is 0 Å². The molecule has 0 unspecified atom stereocenters. The van der Waals surface area contributed by atoms with Crippen molar-refractivity contribution in [1.29, 1.82) is 0 Å². The topological polar surface area (TPSA) is 87.5 Å². The van der Waals surface area contributed by atoms with Gasteiger partial charge in [0.25, 0.3) is 0 Å². The number of nitrogens with zero attached hydrogens (tertiary/aromatic N) is 1. The summed E-state index contributed by atoms with van der Waals surface area (Å²) in [5.74, 6) is -1.97. The molecule has 0 saturated heterocycles. The van der Waals surface area contributed by atoms with Crippen LogP contribution in [0, 0.1) is 6.92 Å². The van der Waals surface area contributed by atoms with Crippen LogP contribution in [0.25, 0.3) is 0 Å². The van der Waals surface area contributed by atoms with Gasteiger partial charge in [0.2, 0.25) is 0 Å². The Labute approximate surface area is 113 Å². The second-order valence-electron chi connectivity index (χ2n) is 4.01. The first-order chi connectivity index (χ1) is 8.97. The Morgan fingerprint density at radius 2 is 2.00 bits per heavy atom. The van der Waals surface area contributed by atoms with E-state index in [1.54, 1.807) is 25.1 Å². The number of hydrogen-bond acceptors (Lipinski definition) is 4. The van der Waals surface area contributed by atoms with Crippen LogP contribution >= 0.6 is 11.3 Å². The summed E-state index contributed by atoms with van der Waals surface area (Å²) in [6.45, 7) is 1.65. The summed E-state index contributed by atoms with van der Waals surface area (Å²) in [6, 6.07) is 6.54. The zero-order valence-corrected chi connectivity index (χ0v) is 10.9. The van der Waals surface area contributed by atoms with Crippen molar-refractivity contribution in [2.45, 2.75) is 13.3 Å². The van der Waals surface area contributed by atoms with Gasteiger partial charge in [-0.25, -0.2) is 14.6 Å². The van der Waals surface area contributed by atoms with E-state index in [9.17, 15) is 9.59 Å². The molecule has 0 bridgehead atoms. The van der Waals surface area contributed by atoms with Gasteiger partial charge in [-0.1, -0.05) is 12.1 Å². The van der Waals surface area contributed by atoms with Gasteiger partial charge in [-0.2, -0.15) is 0 Å². The number of hydrogen-bond donors (Lipinski definition) is 2. The highest BCUT2D eigenvalue weighted by atomic mass is 32.1. The number of aryl methyl sites for hydroxylation is 1. The smallest absolute Gasteiger partial charge is 0.347 e. The largest absolute Gasteiger partial charge is 0.478 e. The monoisotopic (exact) mass is 277 g/mol. The maximum atomic E-state index is 10.9. The third-order valence-corrected chi connectivity index (χ3v) is 3.71. The van der Waals surface area contributed by atoms with Crippen molar-refractivity contribution < 1.29 is 19.8 Å². The first kappa shape index (κ1) is 13.2. The van der Waals surface area contributed by atoms with Crippen LogP contribution in [0.3, 0.4) is 0 Å². The van der Waals surface area contributed by atoms with E-state index < -0.39 is 11.9 Å². The summed E-state index contributed by atoms with van der Waals surface area (Å²) in [4.78, 5) is 26.2. The molecule has 1 aromatic heterocycles. The highest BCUT2D eigenvalue weighted by Crippen LogP contribution is 2.21. The normalized spacial score (nSPS) is 10.4. The predicted octanol–water partition coefficient (Wildman–Crippen LogP) is 2.44. The van der Waals surface area contributed by atoms with E-state index in [2.05, 4.69) is 4.98 Å². The van der Waals surface area contributed by atoms with Crippen molar-refractivity contribution in [2.24, 2.45) is 0 Å². The summed E-state index contributed by atoms with van der Waals surface area (Å²) >= 11 is 1.12. The number of thiazole rings is 1. The molecule has 0 aliphatic rings. The summed E-state index contributed by atoms with van der Waals surface area (Å²) in [6.07, 6.45) is 0.430. The summed E-state index contributed by atoms with van der Waals surface area (Å²) in [5, 5.41) is 18.5. The molecule has 0 atom stereocenters. The van der Waals surface area contributed by atoms with Crippen molar-refractivity contribution in [1.82, 2.24) is 4.98 Å². The molecule has 0 aliphatic carbocycles. The fourth-order valence-electron chi connectivity index (χ4n) is 1.72. The van der Waals surface area contributed by atoms with Crippen LogP contribution in [0.15, 0.2) is 24.3 Å². The molecule has 5 nitrogen and oxygen atoms in total. The van der Waals surface area contributed by atoms with Gasteiger partial charge in [0, 0.05) is 6.42 Å². The average Bonchev–Trinajstić information content (AvgIpc) is 2.70. The molecule has 0 aliphatic heterocycles. The highest BCUT2D eigenvalue weighted by Gasteiger charge is 2.14. The lowest BCUT2D eigenvalue weighted by Crippen LogP contribution is -1.97. The van der Waals surface area contributed by atoms with E-state index in [-0.39, 0.29) is 10.4 Å². The van der Waals surface area contributed by atoms with Gasteiger partial charge in [-0.15, -0.1) is 11.3 Å². The maximum Gasteiger partial charge on any atom is 0.347 e. The van der Waals surface area contributed by atoms with Crippen LogP contribution in [0.4, 0.5) is 0 Å². The number of benzene rings is 1. The third kappa shape index (κ3) is 2.97. The quantitative estimate of drug-likeness (QED) is 0.896. The molecule has 2 N–H and O–H groups in total. The van der Waals surface area contributed by atoms with Crippen LogP contribution in [0.1, 0.15) is 36.3 Å². The van der Waals surface area contributed by atoms with Crippen LogP contribution in [-0.4, -0.2) is 27.1 Å². The molecular formula is C13H11NO4S. The number of aromatic nitrogens is 1. The van der Waals surface area contributed by atoms with Crippen LogP contribution < -0.4 is 0 Å². The zero-order valence-electron chi connectivity index (χ0n) is 10.1. The fourth-order valence-corrected chi connectivity index (χ4v) is 2.65. The lowest BCUT2D eigenvalue weighted by Gasteiger charge is -1.99. The van der Waals surface area contributed by atoms with Crippen LogP contribution in [0.5, 0.6) is 0 Å². The molecule has 19 heavy (non-hydrogen) atoms. The minimum atomic E-state index is -0.986. The molecule has 1 aromatic carbocycles. The molecule has 0 saturated carbocycles. The van der Waals surface area contributed by atoms with E-state index in [0.717, 1.165) is 16.9 Å². The lowest BCUT2D eigenvalue weighted by molar-refractivity contribution is 0.0688. The van der Waals surface area contributed by atoms with Gasteiger partial charge in [-0.05, 0) is 24.6 Å². The van der Waals surface area contributed by atoms with E-state index in [4.69, 9.17) is 10.2 Å². The molecule has 6 heteroatoms. The van der Waals surface area contributed by atoms with Crippen LogP contribution in [-0.2, 0) is 6.42 Å². The lowest BCUT2D eigenvalue weighted by atomic mass is 10.1. The Balaban J connectivity index is 2.26. The van der Waals surface area contributed by atoms with Crippen LogP contribution in [0.2, 0.25) is 0 Å². The average molecular weight is 277 g/mol. The van der Waals surface area contributed by atoms with Gasteiger partial charge in [0.1, 0.15) is 4.88 Å². The molecule has 0 amide bonds. The highest BCUT2D eigenvalue weighted by molar-refractivity contribution is 7.13. The molecule has 2 rings (SSSR count). The summed E-state index contributed by atoms with van der Waals surface area (Å²) in [7, 11) is 0. The molecule has 98 valence electrons. The first-order valence-electron chi connectivity index (χ1n) is 5.49. The molecular weight excluding hydrogens is 266 g/mol. The SMILES string of the molecule is Cc1nc(Cc2cccc(C(=O)O)c2)sc1C(=O)O. The predicted molar refractivity (Wildman–Crippen MR) is 70.0 cm³/mol. The number of aromatic carboxylic acids is 2. The number of rotatable bonds is 4. The fraction of sp³-hybridized carbons (Fsp3) is 0.154. The third-order valence-electron chi connectivity index (χ3n) is 2.56. The Morgan fingerprint density at radius 3 is 2.58 bits per heavy atom. The van der Waals surface area contributed by atoms with E-state index in [1.165, 1.54) is 6.07 Å². The molecule has 2 aromatic rings. The van der Waals surface area contributed by atoms with E-state index in [0.29, 0.717) is 17.1 Å². The standard InChI is InChI=1S/C13H11NO4S/c1-7-11(13(17)18)19-10(14-7)6-8-3-2-4-9(5-8)12(15)16/h2-5H,6H2,1H3,(H,15,16)(H,17,18). The number of carboxylic acid groups (broad SMARTS) is 2. The maximum absolute atomic E-state index is 10.9. The summed E-state index contributed by atoms with van der Waals surface area (Å²) < 4.78 is 0. The number of carbonyl (C=O) groups is 2. The van der Waals surface area contributed by atoms with Crippen molar-refractivity contribution in [2.75, 3.05) is 0 Å². The van der Waals surface area contributed by atoms with Gasteiger partial charge in [0.15, 0.2) is 0 Å². The van der Waals surface area contributed by atoms with Gasteiger partial charge >= 0.3 is 11.9 Å². The Kier molecular flexibility index (Phi) is 3.62. The minimum Gasteiger partial charge on any atom is -0.478 e. The molecule has 0 spiro atoms. The second kappa shape index (κ2) is 5.19. The van der Waals surface area contributed by atoms with E-state index >= 15 is 0 Å². The van der Waals surface area contributed by atoms with Crippen molar-refractivity contribution in [3.63, 3.8) is 0 Å². The molecule has 0 radical (unpaired) electrons. The molecule has 0 fully saturated rings. The Bertz CT molecular complexity index is 648. The Morgan fingerprint density at radius 1 is 1.26 bits per heavy atom. The van der Waals surface area contributed by atoms with Gasteiger partial charge in [-0.3, -0.25) is 0 Å². The minimum absolute atomic E-state index is 0.212. The van der Waals surface area contributed by atoms with Crippen molar-refractivity contribution in [3.8, 4) is 0 Å². The number of carboxylic acids is 2. The first-order valence-corrected chi connectivity index (χ1v) is 6.31. The molecule has 1 heterocycles. The zero-order chi connectivity index (χ0) is 14.0. The van der Waals surface area contributed by atoms with Gasteiger partial charge < -0.3 is 10.2 Å². The van der Waals surface area contributed by atoms with Gasteiger partial charge in [0.05, 0.1) is 16.3 Å². The summed E-state index contributed by atoms with van der Waals surface area (Å²) in [5.41, 5.74) is 1.50.